The summed E-state index contributed by atoms with van der Waals surface area (Å²) in [5.74, 6) is 1.28. The van der Waals surface area contributed by atoms with Crippen molar-refractivity contribution in [1.82, 2.24) is 0 Å². The molecule has 1 unspecified atom stereocenters. The van der Waals surface area contributed by atoms with Gasteiger partial charge in [-0.1, -0.05) is 89.8 Å². The van der Waals surface area contributed by atoms with Gasteiger partial charge in [0.25, 0.3) is 0 Å². The largest absolute Gasteiger partial charge is 0.461 e. The van der Waals surface area contributed by atoms with Crippen LogP contribution in [0.15, 0.2) is 48.6 Å². The normalized spacial score (nSPS) is 18.6. The summed E-state index contributed by atoms with van der Waals surface area (Å²) in [4.78, 5) is 21.4. The highest BCUT2D eigenvalue weighted by molar-refractivity contribution is 5.87. The summed E-state index contributed by atoms with van der Waals surface area (Å²) >= 11 is 0. The van der Waals surface area contributed by atoms with Crippen LogP contribution in [-0.4, -0.2) is 32.6 Å². The second-order valence-corrected chi connectivity index (χ2v) is 10.9. The Morgan fingerprint density at radius 3 is 2.05 bits per heavy atom. The highest BCUT2D eigenvalue weighted by Gasteiger charge is 2.33. The van der Waals surface area contributed by atoms with Gasteiger partial charge in [0.1, 0.15) is 12.9 Å². The van der Waals surface area contributed by atoms with Crippen molar-refractivity contribution in [2.45, 2.75) is 110 Å². The maximum absolute atomic E-state index is 12.0. The SMILES string of the molecule is C=C(C)C(=O)OCC(CC)(COC)c1ccc(C2CCC(CCCCCCC)CC2)cc1.C=C(C)C=O. The Morgan fingerprint density at radius 2 is 1.57 bits per heavy atom. The van der Waals surface area contributed by atoms with Crippen LogP contribution in [0, 0.1) is 5.92 Å². The summed E-state index contributed by atoms with van der Waals surface area (Å²) in [6, 6.07) is 9.05. The first-order valence-corrected chi connectivity index (χ1v) is 14.3. The summed E-state index contributed by atoms with van der Waals surface area (Å²) in [6.45, 7) is 15.6. The van der Waals surface area contributed by atoms with Crippen LogP contribution in [0.4, 0.5) is 0 Å². The minimum atomic E-state index is -0.335. The molecule has 0 aliphatic heterocycles. The molecule has 208 valence electrons. The topological polar surface area (TPSA) is 52.6 Å². The molecule has 1 aromatic rings. The molecule has 1 saturated carbocycles. The third-order valence-electron chi connectivity index (χ3n) is 7.68. The second kappa shape index (κ2) is 18.1. The van der Waals surface area contributed by atoms with Crippen LogP contribution >= 0.6 is 0 Å². The zero-order chi connectivity index (χ0) is 27.7. The Labute approximate surface area is 226 Å². The summed E-state index contributed by atoms with van der Waals surface area (Å²) < 4.78 is 11.1. The first-order chi connectivity index (χ1) is 17.7. The van der Waals surface area contributed by atoms with Gasteiger partial charge in [0, 0.05) is 12.7 Å². The van der Waals surface area contributed by atoms with Gasteiger partial charge < -0.3 is 9.47 Å². The molecule has 0 spiro atoms. The average Bonchev–Trinajstić information content (AvgIpc) is 2.91. The fourth-order valence-corrected chi connectivity index (χ4v) is 5.15. The molecule has 0 amide bonds. The molecule has 1 aromatic carbocycles. The molecule has 4 heteroatoms. The zero-order valence-electron chi connectivity index (χ0n) is 24.3. The minimum absolute atomic E-state index is 0.311. The van der Waals surface area contributed by atoms with Crippen LogP contribution in [-0.2, 0) is 24.5 Å². The van der Waals surface area contributed by atoms with Crippen LogP contribution in [0.1, 0.15) is 115 Å². The van der Waals surface area contributed by atoms with E-state index in [0.29, 0.717) is 30.3 Å². The maximum atomic E-state index is 12.0. The van der Waals surface area contributed by atoms with E-state index < -0.39 is 0 Å². The number of benzene rings is 1. The third-order valence-corrected chi connectivity index (χ3v) is 7.68. The fourth-order valence-electron chi connectivity index (χ4n) is 5.15. The van der Waals surface area contributed by atoms with Gasteiger partial charge in [0.05, 0.1) is 12.0 Å². The van der Waals surface area contributed by atoms with Gasteiger partial charge in [-0.25, -0.2) is 4.79 Å². The molecule has 0 bridgehead atoms. The quantitative estimate of drug-likeness (QED) is 0.102. The van der Waals surface area contributed by atoms with Gasteiger partial charge in [0.15, 0.2) is 0 Å². The predicted octanol–water partition coefficient (Wildman–Crippen LogP) is 8.50. The van der Waals surface area contributed by atoms with Crippen molar-refractivity contribution < 1.29 is 19.1 Å². The first-order valence-electron chi connectivity index (χ1n) is 14.3. The lowest BCUT2D eigenvalue weighted by Gasteiger charge is -2.33. The first kappa shape index (κ1) is 32.8. The molecular formula is C33H52O4. The van der Waals surface area contributed by atoms with Gasteiger partial charge in [-0.05, 0) is 74.5 Å². The van der Waals surface area contributed by atoms with E-state index in [1.165, 1.54) is 75.3 Å². The highest BCUT2D eigenvalue weighted by Crippen LogP contribution is 2.39. The van der Waals surface area contributed by atoms with E-state index in [4.69, 9.17) is 9.47 Å². The smallest absolute Gasteiger partial charge is 0.333 e. The van der Waals surface area contributed by atoms with Crippen LogP contribution in [0.2, 0.25) is 0 Å². The number of carbonyl (C=O) groups is 2. The molecule has 1 atom stereocenters. The van der Waals surface area contributed by atoms with E-state index >= 15 is 0 Å². The minimum Gasteiger partial charge on any atom is -0.461 e. The number of methoxy groups -OCH3 is 1. The number of esters is 1. The lowest BCUT2D eigenvalue weighted by Crippen LogP contribution is -2.37. The Bertz CT molecular complexity index is 817. The van der Waals surface area contributed by atoms with Gasteiger partial charge in [-0.15, -0.1) is 0 Å². The molecule has 1 aliphatic carbocycles. The average molecular weight is 513 g/mol. The van der Waals surface area contributed by atoms with Gasteiger partial charge in [-0.3, -0.25) is 4.79 Å². The molecule has 0 radical (unpaired) electrons. The van der Waals surface area contributed by atoms with E-state index in [0.717, 1.165) is 18.6 Å². The van der Waals surface area contributed by atoms with Gasteiger partial charge in [-0.2, -0.15) is 0 Å². The van der Waals surface area contributed by atoms with Crippen molar-refractivity contribution >= 4 is 12.3 Å². The number of hydrogen-bond donors (Lipinski definition) is 0. The molecule has 0 aromatic heterocycles. The Morgan fingerprint density at radius 1 is 0.973 bits per heavy atom. The predicted molar refractivity (Wildman–Crippen MR) is 155 cm³/mol. The molecule has 37 heavy (non-hydrogen) atoms. The van der Waals surface area contributed by atoms with Crippen LogP contribution < -0.4 is 0 Å². The van der Waals surface area contributed by atoms with Crippen molar-refractivity contribution in [1.29, 1.82) is 0 Å². The number of aldehydes is 1. The van der Waals surface area contributed by atoms with E-state index in [1.54, 1.807) is 21.0 Å². The monoisotopic (exact) mass is 512 g/mol. The molecule has 0 heterocycles. The van der Waals surface area contributed by atoms with E-state index in [-0.39, 0.29) is 11.4 Å². The van der Waals surface area contributed by atoms with Crippen molar-refractivity contribution in [3.05, 3.63) is 59.7 Å². The second-order valence-electron chi connectivity index (χ2n) is 10.9. The number of hydrogen-bond acceptors (Lipinski definition) is 4. The molecule has 1 aliphatic rings. The van der Waals surface area contributed by atoms with E-state index in [1.807, 2.05) is 0 Å². The Kier molecular flexibility index (Phi) is 16.1. The van der Waals surface area contributed by atoms with Gasteiger partial charge >= 0.3 is 5.97 Å². The van der Waals surface area contributed by atoms with E-state index in [2.05, 4.69) is 51.3 Å². The van der Waals surface area contributed by atoms with Crippen LogP contribution in [0.3, 0.4) is 0 Å². The van der Waals surface area contributed by atoms with Crippen LogP contribution in [0.5, 0.6) is 0 Å². The lowest BCUT2D eigenvalue weighted by molar-refractivity contribution is -0.141. The van der Waals surface area contributed by atoms with Crippen molar-refractivity contribution in [2.75, 3.05) is 20.3 Å². The zero-order valence-corrected chi connectivity index (χ0v) is 24.3. The molecule has 0 saturated heterocycles. The number of ether oxygens (including phenoxy) is 2. The molecule has 2 rings (SSSR count). The maximum Gasteiger partial charge on any atom is 0.333 e. The van der Waals surface area contributed by atoms with Crippen molar-refractivity contribution in [3.63, 3.8) is 0 Å². The summed E-state index contributed by atoms with van der Waals surface area (Å²) in [5.41, 5.74) is 3.31. The van der Waals surface area contributed by atoms with Crippen molar-refractivity contribution in [2.24, 2.45) is 5.92 Å². The fraction of sp³-hybridized carbons (Fsp3) is 0.636. The number of carbonyl (C=O) groups excluding carboxylic acids is 2. The van der Waals surface area contributed by atoms with Crippen molar-refractivity contribution in [3.8, 4) is 0 Å². The van der Waals surface area contributed by atoms with Crippen LogP contribution in [0.25, 0.3) is 0 Å². The number of allylic oxidation sites excluding steroid dienone is 1. The molecule has 4 nitrogen and oxygen atoms in total. The van der Waals surface area contributed by atoms with E-state index in [9.17, 15) is 9.59 Å². The molecule has 0 N–H and O–H groups in total. The standard InChI is InChI=1S/C29H46O3.C4H6O/c1-6-8-9-10-11-12-24-13-15-25(16-14-24)26-17-19-27(20-18-26)29(7-2,21-31-5)22-32-28(30)23(3)4;1-4(2)3-5/h17-20,24-25H,3,6-16,21-22H2,1-2,4-5H3;3H,1H2,2H3. The Balaban J connectivity index is 0.00000124. The number of rotatable bonds is 15. The summed E-state index contributed by atoms with van der Waals surface area (Å²) in [6.07, 6.45) is 15.3. The lowest BCUT2D eigenvalue weighted by atomic mass is 9.75. The summed E-state index contributed by atoms with van der Waals surface area (Å²) in [7, 11) is 1.71. The highest BCUT2D eigenvalue weighted by atomic mass is 16.5. The molecule has 1 fully saturated rings. The third kappa shape index (κ3) is 11.8. The Hall–Kier alpha value is -2.20. The summed E-state index contributed by atoms with van der Waals surface area (Å²) in [5, 5.41) is 0. The van der Waals surface area contributed by atoms with Gasteiger partial charge in [0.2, 0.25) is 0 Å². The molecular weight excluding hydrogens is 460 g/mol. The number of unbranched alkanes of at least 4 members (excludes halogenated alkanes) is 4.